The first-order chi connectivity index (χ1) is 13.4. The van der Waals surface area contributed by atoms with Gasteiger partial charge in [0, 0.05) is 6.04 Å². The van der Waals surface area contributed by atoms with Crippen LogP contribution in [0.4, 0.5) is 10.1 Å². The normalized spacial score (nSPS) is 14.6. The number of carbonyl (C=O) groups excluding carboxylic acids is 1. The molecule has 1 fully saturated rings. The van der Waals surface area contributed by atoms with Crippen LogP contribution >= 0.6 is 0 Å². The van der Waals surface area contributed by atoms with Crippen molar-refractivity contribution in [1.29, 1.82) is 0 Å². The zero-order chi connectivity index (χ0) is 20.1. The molecule has 8 heteroatoms. The van der Waals surface area contributed by atoms with Crippen molar-refractivity contribution < 1.29 is 22.3 Å². The molecule has 0 atom stereocenters. The number of hydrogen-bond acceptors (Lipinski definition) is 4. The number of para-hydroxylation sites is 1. The molecular formula is C20H23FN2O4S. The second-order valence-electron chi connectivity index (χ2n) is 6.69. The van der Waals surface area contributed by atoms with Gasteiger partial charge in [-0.3, -0.25) is 9.10 Å². The van der Waals surface area contributed by atoms with Crippen LogP contribution in [-0.2, 0) is 14.8 Å². The van der Waals surface area contributed by atoms with Crippen LogP contribution in [0.5, 0.6) is 5.75 Å². The molecule has 1 N–H and O–H groups in total. The summed E-state index contributed by atoms with van der Waals surface area (Å²) in [5.74, 6) is -0.670. The third-order valence-electron chi connectivity index (χ3n) is 4.78. The molecule has 3 rings (SSSR count). The molecule has 0 saturated heterocycles. The Kier molecular flexibility index (Phi) is 6.18. The average molecular weight is 406 g/mol. The van der Waals surface area contributed by atoms with Gasteiger partial charge in [-0.25, -0.2) is 12.8 Å². The maximum absolute atomic E-state index is 14.4. The van der Waals surface area contributed by atoms with E-state index in [0.717, 1.165) is 30.0 Å². The zero-order valence-electron chi connectivity index (χ0n) is 15.6. The van der Waals surface area contributed by atoms with Crippen molar-refractivity contribution in [2.45, 2.75) is 36.6 Å². The fraction of sp³-hybridized carbons (Fsp3) is 0.350. The highest BCUT2D eigenvalue weighted by molar-refractivity contribution is 7.92. The van der Waals surface area contributed by atoms with Crippen molar-refractivity contribution in [3.63, 3.8) is 0 Å². The van der Waals surface area contributed by atoms with E-state index in [2.05, 4.69) is 5.32 Å². The number of benzene rings is 2. The fourth-order valence-corrected chi connectivity index (χ4v) is 4.73. The SMILES string of the molecule is COc1ccc(S(=O)(=O)N(CC(=O)NC2CCCC2)c2ccccc2F)cc1. The number of sulfonamides is 1. The van der Waals surface area contributed by atoms with Crippen LogP contribution in [0.1, 0.15) is 25.7 Å². The topological polar surface area (TPSA) is 75.7 Å². The van der Waals surface area contributed by atoms with Crippen molar-refractivity contribution in [1.82, 2.24) is 5.32 Å². The van der Waals surface area contributed by atoms with Crippen LogP contribution in [0.15, 0.2) is 53.4 Å². The lowest BCUT2D eigenvalue weighted by Crippen LogP contribution is -2.44. The maximum Gasteiger partial charge on any atom is 0.264 e. The van der Waals surface area contributed by atoms with E-state index < -0.39 is 28.3 Å². The molecule has 0 heterocycles. The summed E-state index contributed by atoms with van der Waals surface area (Å²) in [5, 5.41) is 2.85. The monoisotopic (exact) mass is 406 g/mol. The quantitative estimate of drug-likeness (QED) is 0.767. The Bertz CT molecular complexity index is 925. The summed E-state index contributed by atoms with van der Waals surface area (Å²) in [5.41, 5.74) is -0.167. The molecule has 0 bridgehead atoms. The van der Waals surface area contributed by atoms with Gasteiger partial charge >= 0.3 is 0 Å². The minimum absolute atomic E-state index is 0.0404. The Morgan fingerprint density at radius 3 is 2.39 bits per heavy atom. The lowest BCUT2D eigenvalue weighted by molar-refractivity contribution is -0.120. The van der Waals surface area contributed by atoms with Crippen LogP contribution in [0.2, 0.25) is 0 Å². The Morgan fingerprint density at radius 1 is 1.14 bits per heavy atom. The molecule has 0 aromatic heterocycles. The van der Waals surface area contributed by atoms with Crippen molar-refractivity contribution in [3.05, 3.63) is 54.3 Å². The summed E-state index contributed by atoms with van der Waals surface area (Å²) < 4.78 is 46.7. The lowest BCUT2D eigenvalue weighted by atomic mass is 10.2. The first-order valence-electron chi connectivity index (χ1n) is 9.12. The average Bonchev–Trinajstić information content (AvgIpc) is 3.19. The van der Waals surface area contributed by atoms with Crippen LogP contribution in [0, 0.1) is 5.82 Å². The molecule has 2 aromatic carbocycles. The van der Waals surface area contributed by atoms with E-state index in [1.807, 2.05) is 0 Å². The van der Waals surface area contributed by atoms with E-state index in [4.69, 9.17) is 4.74 Å². The van der Waals surface area contributed by atoms with Gasteiger partial charge in [-0.05, 0) is 49.2 Å². The second-order valence-corrected chi connectivity index (χ2v) is 8.55. The smallest absolute Gasteiger partial charge is 0.264 e. The number of hydrogen-bond donors (Lipinski definition) is 1. The number of amides is 1. The summed E-state index contributed by atoms with van der Waals surface area (Å²) in [6.45, 7) is -0.494. The van der Waals surface area contributed by atoms with Crippen molar-refractivity contribution >= 4 is 21.6 Å². The molecule has 1 saturated carbocycles. The molecule has 0 unspecified atom stereocenters. The molecule has 28 heavy (non-hydrogen) atoms. The van der Waals surface area contributed by atoms with Gasteiger partial charge in [0.1, 0.15) is 18.1 Å². The van der Waals surface area contributed by atoms with Crippen molar-refractivity contribution in [2.24, 2.45) is 0 Å². The fourth-order valence-electron chi connectivity index (χ4n) is 3.30. The summed E-state index contributed by atoms with van der Waals surface area (Å²) in [4.78, 5) is 12.5. The van der Waals surface area contributed by atoms with E-state index in [9.17, 15) is 17.6 Å². The highest BCUT2D eigenvalue weighted by atomic mass is 32.2. The molecular weight excluding hydrogens is 383 g/mol. The van der Waals surface area contributed by atoms with Crippen LogP contribution in [0.3, 0.4) is 0 Å². The van der Waals surface area contributed by atoms with Crippen LogP contribution in [-0.4, -0.2) is 34.0 Å². The van der Waals surface area contributed by atoms with Gasteiger partial charge in [0.25, 0.3) is 10.0 Å². The molecule has 0 radical (unpaired) electrons. The number of anilines is 1. The third-order valence-corrected chi connectivity index (χ3v) is 6.55. The minimum atomic E-state index is -4.15. The van der Waals surface area contributed by atoms with Gasteiger partial charge in [0.05, 0.1) is 17.7 Å². The van der Waals surface area contributed by atoms with Gasteiger partial charge in [-0.1, -0.05) is 25.0 Å². The summed E-state index contributed by atoms with van der Waals surface area (Å²) in [6, 6.07) is 11.3. The number of halogens is 1. The second kappa shape index (κ2) is 8.60. The highest BCUT2D eigenvalue weighted by Gasteiger charge is 2.30. The predicted octanol–water partition coefficient (Wildman–Crippen LogP) is 3.09. The van der Waals surface area contributed by atoms with Crippen LogP contribution < -0.4 is 14.4 Å². The van der Waals surface area contributed by atoms with E-state index in [0.29, 0.717) is 5.75 Å². The number of methoxy groups -OCH3 is 1. The molecule has 1 aliphatic carbocycles. The minimum Gasteiger partial charge on any atom is -0.497 e. The molecule has 0 aliphatic heterocycles. The lowest BCUT2D eigenvalue weighted by Gasteiger charge is -2.25. The van der Waals surface area contributed by atoms with E-state index >= 15 is 0 Å². The van der Waals surface area contributed by atoms with E-state index in [1.165, 1.54) is 55.6 Å². The zero-order valence-corrected chi connectivity index (χ0v) is 16.4. The Labute approximate surface area is 164 Å². The summed E-state index contributed by atoms with van der Waals surface area (Å²) in [7, 11) is -2.68. The van der Waals surface area contributed by atoms with Crippen molar-refractivity contribution in [2.75, 3.05) is 18.0 Å². The van der Waals surface area contributed by atoms with Gasteiger partial charge in [0.15, 0.2) is 0 Å². The number of nitrogens with zero attached hydrogens (tertiary/aromatic N) is 1. The Balaban J connectivity index is 1.92. The number of nitrogens with one attached hydrogen (secondary N) is 1. The van der Waals surface area contributed by atoms with E-state index in [-0.39, 0.29) is 16.6 Å². The Morgan fingerprint density at radius 2 is 1.79 bits per heavy atom. The predicted molar refractivity (Wildman–Crippen MR) is 104 cm³/mol. The number of rotatable bonds is 7. The molecule has 2 aromatic rings. The third kappa shape index (κ3) is 4.44. The molecule has 1 aliphatic rings. The van der Waals surface area contributed by atoms with E-state index in [1.54, 1.807) is 0 Å². The first kappa shape index (κ1) is 20.1. The van der Waals surface area contributed by atoms with Gasteiger partial charge in [-0.2, -0.15) is 0 Å². The standard InChI is InChI=1S/C20H23FN2O4S/c1-27-16-10-12-17(13-11-16)28(25,26)23(19-9-5-4-8-18(19)21)14-20(24)22-15-6-2-3-7-15/h4-5,8-13,15H,2-3,6-7,14H2,1H3,(H,22,24). The molecule has 1 amide bonds. The Hall–Kier alpha value is -2.61. The first-order valence-corrected chi connectivity index (χ1v) is 10.6. The largest absolute Gasteiger partial charge is 0.497 e. The molecule has 0 spiro atoms. The van der Waals surface area contributed by atoms with Gasteiger partial charge < -0.3 is 10.1 Å². The highest BCUT2D eigenvalue weighted by Crippen LogP contribution is 2.27. The summed E-state index contributed by atoms with van der Waals surface area (Å²) >= 11 is 0. The number of carbonyl (C=O) groups is 1. The summed E-state index contributed by atoms with van der Waals surface area (Å²) in [6.07, 6.45) is 3.81. The molecule has 150 valence electrons. The molecule has 6 nitrogen and oxygen atoms in total. The van der Waals surface area contributed by atoms with Gasteiger partial charge in [-0.15, -0.1) is 0 Å². The van der Waals surface area contributed by atoms with Crippen LogP contribution in [0.25, 0.3) is 0 Å². The number of ether oxygens (including phenoxy) is 1. The van der Waals surface area contributed by atoms with Gasteiger partial charge in [0.2, 0.25) is 5.91 Å². The van der Waals surface area contributed by atoms with Crippen molar-refractivity contribution in [3.8, 4) is 5.75 Å². The maximum atomic E-state index is 14.4.